The van der Waals surface area contributed by atoms with Gasteiger partial charge >= 0.3 is 0 Å². The summed E-state index contributed by atoms with van der Waals surface area (Å²) >= 11 is 0. The van der Waals surface area contributed by atoms with Crippen LogP contribution in [0.5, 0.6) is 5.75 Å². The predicted octanol–water partition coefficient (Wildman–Crippen LogP) is 3.49. The quantitative estimate of drug-likeness (QED) is 0.782. The largest absolute Gasteiger partial charge is 0.492 e. The highest BCUT2D eigenvalue weighted by Gasteiger charge is 2.45. The molecule has 2 aliphatic heterocycles. The molecule has 4 nitrogen and oxygen atoms in total. The first-order chi connectivity index (χ1) is 12.7. The Labute approximate surface area is 157 Å². The van der Waals surface area contributed by atoms with Gasteiger partial charge in [-0.1, -0.05) is 25.1 Å². The molecular formula is C22H32N2O2. The smallest absolute Gasteiger partial charge is 0.222 e. The minimum atomic E-state index is 0.329. The highest BCUT2D eigenvalue weighted by atomic mass is 16.5. The average Bonchev–Trinajstić information content (AvgIpc) is 3.50. The Morgan fingerprint density at radius 2 is 2.04 bits per heavy atom. The lowest BCUT2D eigenvalue weighted by Gasteiger charge is -2.48. The fourth-order valence-electron chi connectivity index (χ4n) is 4.82. The summed E-state index contributed by atoms with van der Waals surface area (Å²) in [7, 11) is 0. The molecule has 1 aromatic rings. The third-order valence-electron chi connectivity index (χ3n) is 6.44. The first-order valence-corrected chi connectivity index (χ1v) is 10.4. The van der Waals surface area contributed by atoms with Crippen molar-refractivity contribution in [1.29, 1.82) is 0 Å². The average molecular weight is 357 g/mol. The van der Waals surface area contributed by atoms with Gasteiger partial charge in [0.25, 0.3) is 0 Å². The molecule has 1 aromatic carbocycles. The molecule has 0 radical (unpaired) electrons. The van der Waals surface area contributed by atoms with E-state index in [0.29, 0.717) is 17.4 Å². The summed E-state index contributed by atoms with van der Waals surface area (Å²) in [4.78, 5) is 17.0. The number of ether oxygens (including phenoxy) is 1. The zero-order chi connectivity index (χ0) is 18.0. The molecule has 4 rings (SSSR count). The fraction of sp³-hybridized carbons (Fsp3) is 0.682. The van der Waals surface area contributed by atoms with E-state index in [1.807, 2.05) is 0 Å². The number of rotatable bonds is 6. The number of benzene rings is 1. The monoisotopic (exact) mass is 356 g/mol. The van der Waals surface area contributed by atoms with E-state index in [1.165, 1.54) is 31.2 Å². The van der Waals surface area contributed by atoms with Gasteiger partial charge in [-0.3, -0.25) is 9.69 Å². The third kappa shape index (κ3) is 3.90. The Kier molecular flexibility index (Phi) is 5.21. The van der Waals surface area contributed by atoms with Crippen LogP contribution in [0.2, 0.25) is 0 Å². The summed E-state index contributed by atoms with van der Waals surface area (Å²) in [6.07, 6.45) is 7.80. The van der Waals surface area contributed by atoms with Crippen molar-refractivity contribution in [2.75, 3.05) is 32.8 Å². The number of carbonyl (C=O) groups is 1. The van der Waals surface area contributed by atoms with E-state index < -0.39 is 0 Å². The maximum absolute atomic E-state index is 12.3. The SMILES string of the molecule is CCc1ccccc1OCCN1CCC[C@]2(CCC(=O)N(C3CC3)C2)C1. The lowest BCUT2D eigenvalue weighted by Crippen LogP contribution is -2.55. The molecule has 26 heavy (non-hydrogen) atoms. The van der Waals surface area contributed by atoms with E-state index in [4.69, 9.17) is 4.74 Å². The summed E-state index contributed by atoms with van der Waals surface area (Å²) < 4.78 is 6.09. The summed E-state index contributed by atoms with van der Waals surface area (Å²) in [6.45, 7) is 7.19. The van der Waals surface area contributed by atoms with E-state index in [1.54, 1.807) is 0 Å². The standard InChI is InChI=1S/C22H32N2O2/c1-2-18-6-3-4-7-20(18)26-15-14-23-13-5-11-22(16-23)12-10-21(25)24(17-22)19-8-9-19/h3-4,6-7,19H,2,5,8-17H2,1H3/t22-/m0/s1. The Morgan fingerprint density at radius 3 is 2.85 bits per heavy atom. The van der Waals surface area contributed by atoms with Crippen LogP contribution < -0.4 is 4.74 Å². The zero-order valence-corrected chi connectivity index (χ0v) is 16.1. The minimum Gasteiger partial charge on any atom is -0.492 e. The molecule has 1 amide bonds. The van der Waals surface area contributed by atoms with E-state index in [-0.39, 0.29) is 0 Å². The van der Waals surface area contributed by atoms with Crippen LogP contribution in [0.1, 0.15) is 51.0 Å². The van der Waals surface area contributed by atoms with Gasteiger partial charge in [0.15, 0.2) is 0 Å². The fourth-order valence-corrected chi connectivity index (χ4v) is 4.82. The highest BCUT2D eigenvalue weighted by molar-refractivity contribution is 5.78. The number of carbonyl (C=O) groups excluding carboxylic acids is 1. The van der Waals surface area contributed by atoms with Crippen LogP contribution in [0.4, 0.5) is 0 Å². The summed E-state index contributed by atoms with van der Waals surface area (Å²) in [5.74, 6) is 1.43. The molecule has 2 saturated heterocycles. The highest BCUT2D eigenvalue weighted by Crippen LogP contribution is 2.42. The van der Waals surface area contributed by atoms with Crippen LogP contribution >= 0.6 is 0 Å². The van der Waals surface area contributed by atoms with E-state index in [9.17, 15) is 4.79 Å². The van der Waals surface area contributed by atoms with Crippen LogP contribution in [-0.4, -0.2) is 54.5 Å². The van der Waals surface area contributed by atoms with Crippen molar-refractivity contribution in [3.63, 3.8) is 0 Å². The van der Waals surface area contributed by atoms with E-state index in [0.717, 1.165) is 57.8 Å². The third-order valence-corrected chi connectivity index (χ3v) is 6.44. The molecule has 2 heterocycles. The van der Waals surface area contributed by atoms with E-state index in [2.05, 4.69) is 41.0 Å². The van der Waals surface area contributed by atoms with Gasteiger partial charge in [0.1, 0.15) is 12.4 Å². The molecule has 1 spiro atoms. The van der Waals surface area contributed by atoms with Crippen molar-refractivity contribution in [2.45, 2.75) is 57.9 Å². The van der Waals surface area contributed by atoms with Crippen LogP contribution in [0.15, 0.2) is 24.3 Å². The second-order valence-electron chi connectivity index (χ2n) is 8.44. The molecule has 1 aliphatic carbocycles. The Hall–Kier alpha value is -1.55. The molecule has 0 aromatic heterocycles. The molecule has 0 bridgehead atoms. The molecule has 0 unspecified atom stereocenters. The normalized spacial score (nSPS) is 27.1. The van der Waals surface area contributed by atoms with Gasteiger partial charge in [-0.25, -0.2) is 0 Å². The number of aryl methyl sites for hydroxylation is 1. The number of nitrogens with zero attached hydrogens (tertiary/aromatic N) is 2. The van der Waals surface area contributed by atoms with Gasteiger partial charge in [0.2, 0.25) is 5.91 Å². The summed E-state index contributed by atoms with van der Waals surface area (Å²) in [5.41, 5.74) is 1.62. The zero-order valence-electron chi connectivity index (χ0n) is 16.1. The van der Waals surface area contributed by atoms with Gasteiger partial charge < -0.3 is 9.64 Å². The molecule has 142 valence electrons. The Balaban J connectivity index is 1.31. The van der Waals surface area contributed by atoms with Crippen LogP contribution in [0, 0.1) is 5.41 Å². The molecule has 4 heteroatoms. The van der Waals surface area contributed by atoms with Gasteiger partial charge in [-0.15, -0.1) is 0 Å². The lowest BCUT2D eigenvalue weighted by atomic mass is 9.73. The molecule has 3 fully saturated rings. The lowest BCUT2D eigenvalue weighted by molar-refractivity contribution is -0.140. The van der Waals surface area contributed by atoms with Crippen molar-refractivity contribution < 1.29 is 9.53 Å². The number of hydrogen-bond acceptors (Lipinski definition) is 3. The van der Waals surface area contributed by atoms with Gasteiger partial charge in [0, 0.05) is 37.5 Å². The maximum atomic E-state index is 12.3. The second-order valence-corrected chi connectivity index (χ2v) is 8.44. The van der Waals surface area contributed by atoms with Gasteiger partial charge in [0.05, 0.1) is 0 Å². The molecular weight excluding hydrogens is 324 g/mol. The van der Waals surface area contributed by atoms with Gasteiger partial charge in [-0.2, -0.15) is 0 Å². The van der Waals surface area contributed by atoms with E-state index >= 15 is 0 Å². The first-order valence-electron chi connectivity index (χ1n) is 10.4. The number of piperidine rings is 2. The number of hydrogen-bond donors (Lipinski definition) is 0. The second kappa shape index (κ2) is 7.59. The van der Waals surface area contributed by atoms with Crippen LogP contribution in [-0.2, 0) is 11.2 Å². The molecule has 0 N–H and O–H groups in total. The van der Waals surface area contributed by atoms with Crippen molar-refractivity contribution >= 4 is 5.91 Å². The molecule has 1 atom stereocenters. The Bertz CT molecular complexity index is 643. The number of amides is 1. The van der Waals surface area contributed by atoms with Gasteiger partial charge in [-0.05, 0) is 56.7 Å². The predicted molar refractivity (Wildman–Crippen MR) is 103 cm³/mol. The van der Waals surface area contributed by atoms with Crippen LogP contribution in [0.25, 0.3) is 0 Å². The van der Waals surface area contributed by atoms with Crippen molar-refractivity contribution in [1.82, 2.24) is 9.80 Å². The summed E-state index contributed by atoms with van der Waals surface area (Å²) in [5, 5.41) is 0. The number of para-hydroxylation sites is 1. The van der Waals surface area contributed by atoms with Crippen molar-refractivity contribution in [2.24, 2.45) is 5.41 Å². The maximum Gasteiger partial charge on any atom is 0.222 e. The topological polar surface area (TPSA) is 32.8 Å². The van der Waals surface area contributed by atoms with Crippen molar-refractivity contribution in [3.05, 3.63) is 29.8 Å². The first kappa shape index (κ1) is 17.8. The number of likely N-dealkylation sites (tertiary alicyclic amines) is 2. The Morgan fingerprint density at radius 1 is 1.19 bits per heavy atom. The molecule has 1 saturated carbocycles. The molecule has 3 aliphatic rings. The summed E-state index contributed by atoms with van der Waals surface area (Å²) in [6, 6.07) is 8.92. The van der Waals surface area contributed by atoms with Crippen molar-refractivity contribution in [3.8, 4) is 5.75 Å². The minimum absolute atomic E-state index is 0.329. The van der Waals surface area contributed by atoms with Crippen LogP contribution in [0.3, 0.4) is 0 Å².